The molecule has 15 heavy (non-hydrogen) atoms. The largest absolute Gasteiger partial charge is 0.417 e. The van der Waals surface area contributed by atoms with Crippen LogP contribution in [0.1, 0.15) is 5.56 Å². The van der Waals surface area contributed by atoms with Gasteiger partial charge in [-0.05, 0) is 17.7 Å². The second-order valence-corrected chi connectivity index (χ2v) is 3.14. The molecule has 5 nitrogen and oxygen atoms in total. The lowest BCUT2D eigenvalue weighted by atomic mass is 10.2. The molecule has 2 N–H and O–H groups in total. The quantitative estimate of drug-likeness (QED) is 0.561. The van der Waals surface area contributed by atoms with Crippen molar-refractivity contribution < 1.29 is 9.21 Å². The number of benzene rings is 1. The van der Waals surface area contributed by atoms with Gasteiger partial charge in [0.1, 0.15) is 6.29 Å². The fourth-order valence-electron chi connectivity index (χ4n) is 1.38. The Morgan fingerprint density at radius 2 is 2.33 bits per heavy atom. The number of aromatic amines is 1. The molecule has 0 aliphatic heterocycles. The molecule has 1 heterocycles. The first-order valence-electron chi connectivity index (χ1n) is 4.56. The number of hydrogen-bond donors (Lipinski definition) is 2. The van der Waals surface area contributed by atoms with Gasteiger partial charge < -0.3 is 14.5 Å². The van der Waals surface area contributed by atoms with Crippen molar-refractivity contribution in [3.05, 3.63) is 34.3 Å². The number of hydrogen-bond acceptors (Lipinski definition) is 4. The minimum absolute atomic E-state index is 0.319. The Balaban J connectivity index is 2.22. The summed E-state index contributed by atoms with van der Waals surface area (Å²) in [4.78, 5) is 23.5. The molecule has 0 bridgehead atoms. The Morgan fingerprint density at radius 1 is 1.47 bits per heavy atom. The summed E-state index contributed by atoms with van der Waals surface area (Å²) in [5, 5.41) is 2.93. The Kier molecular flexibility index (Phi) is 2.64. The minimum Gasteiger partial charge on any atom is -0.408 e. The standard InChI is InChI=1S/C10H10N2O3/c13-4-3-11-6-7-1-2-9-8(5-7)12-10(14)15-9/h1-2,4-5,11H,3,6H2,(H,12,14). The first-order chi connectivity index (χ1) is 7.29. The topological polar surface area (TPSA) is 75.1 Å². The molecule has 0 fully saturated rings. The van der Waals surface area contributed by atoms with E-state index in [1.807, 2.05) is 12.1 Å². The summed E-state index contributed by atoms with van der Waals surface area (Å²) in [5.41, 5.74) is 2.20. The fraction of sp³-hybridized carbons (Fsp3) is 0.200. The highest BCUT2D eigenvalue weighted by Crippen LogP contribution is 2.11. The van der Waals surface area contributed by atoms with Crippen LogP contribution in [-0.4, -0.2) is 17.8 Å². The second kappa shape index (κ2) is 4.10. The Bertz CT molecular complexity index is 527. The minimum atomic E-state index is -0.456. The molecule has 1 aromatic carbocycles. The van der Waals surface area contributed by atoms with Gasteiger partial charge in [-0.15, -0.1) is 0 Å². The third kappa shape index (κ3) is 2.13. The Hall–Kier alpha value is -1.88. The molecule has 2 rings (SSSR count). The van der Waals surface area contributed by atoms with Crippen LogP contribution in [0.5, 0.6) is 0 Å². The van der Waals surface area contributed by atoms with Crippen molar-refractivity contribution >= 4 is 17.4 Å². The van der Waals surface area contributed by atoms with Gasteiger partial charge in [-0.25, -0.2) is 4.79 Å². The molecule has 0 radical (unpaired) electrons. The van der Waals surface area contributed by atoms with E-state index in [-0.39, 0.29) is 0 Å². The summed E-state index contributed by atoms with van der Waals surface area (Å²) in [7, 11) is 0. The molecule has 5 heteroatoms. The van der Waals surface area contributed by atoms with Gasteiger partial charge in [0.15, 0.2) is 5.58 Å². The lowest BCUT2D eigenvalue weighted by molar-refractivity contribution is -0.107. The van der Waals surface area contributed by atoms with Gasteiger partial charge in [0.05, 0.1) is 12.1 Å². The zero-order valence-electron chi connectivity index (χ0n) is 7.95. The smallest absolute Gasteiger partial charge is 0.408 e. The number of aldehydes is 1. The zero-order valence-corrected chi connectivity index (χ0v) is 7.95. The van der Waals surface area contributed by atoms with Crippen LogP contribution in [0.4, 0.5) is 0 Å². The van der Waals surface area contributed by atoms with Crippen molar-refractivity contribution in [2.24, 2.45) is 0 Å². The van der Waals surface area contributed by atoms with Gasteiger partial charge in [-0.3, -0.25) is 4.98 Å². The number of fused-ring (bicyclic) bond motifs is 1. The number of rotatable bonds is 4. The predicted molar refractivity (Wildman–Crippen MR) is 54.6 cm³/mol. The van der Waals surface area contributed by atoms with E-state index in [1.165, 1.54) is 0 Å². The highest BCUT2D eigenvalue weighted by Gasteiger charge is 2.01. The lowest BCUT2D eigenvalue weighted by Gasteiger charge is -2.00. The molecule has 0 spiro atoms. The number of oxazole rings is 1. The first kappa shape index (κ1) is 9.67. The molecule has 78 valence electrons. The van der Waals surface area contributed by atoms with Gasteiger partial charge in [-0.1, -0.05) is 6.07 Å². The maximum atomic E-state index is 10.9. The second-order valence-electron chi connectivity index (χ2n) is 3.14. The van der Waals surface area contributed by atoms with Gasteiger partial charge in [-0.2, -0.15) is 0 Å². The predicted octanol–water partition coefficient (Wildman–Crippen LogP) is 0.410. The average molecular weight is 206 g/mol. The monoisotopic (exact) mass is 206 g/mol. The number of nitrogens with one attached hydrogen (secondary N) is 2. The number of carbonyl (C=O) groups is 1. The van der Waals surface area contributed by atoms with Crippen LogP contribution in [0.25, 0.3) is 11.1 Å². The van der Waals surface area contributed by atoms with E-state index in [9.17, 15) is 9.59 Å². The normalized spacial score (nSPS) is 10.7. The third-order valence-electron chi connectivity index (χ3n) is 2.04. The number of carbonyl (C=O) groups excluding carboxylic acids is 1. The van der Waals surface area contributed by atoms with Gasteiger partial charge in [0.2, 0.25) is 0 Å². The molecule has 0 saturated carbocycles. The molecular weight excluding hydrogens is 196 g/mol. The van der Waals surface area contributed by atoms with Crippen molar-refractivity contribution in [1.82, 2.24) is 10.3 Å². The Morgan fingerprint density at radius 3 is 3.13 bits per heavy atom. The van der Waals surface area contributed by atoms with Crippen molar-refractivity contribution in [3.8, 4) is 0 Å². The fourth-order valence-corrected chi connectivity index (χ4v) is 1.38. The SMILES string of the molecule is O=CCNCc1ccc2oc(=O)[nH]c2c1. The van der Waals surface area contributed by atoms with E-state index >= 15 is 0 Å². The van der Waals surface area contributed by atoms with Gasteiger partial charge in [0.25, 0.3) is 0 Å². The van der Waals surface area contributed by atoms with E-state index in [0.29, 0.717) is 24.2 Å². The third-order valence-corrected chi connectivity index (χ3v) is 2.04. The molecule has 0 aliphatic rings. The van der Waals surface area contributed by atoms with Crippen molar-refractivity contribution in [2.45, 2.75) is 6.54 Å². The summed E-state index contributed by atoms with van der Waals surface area (Å²) in [6.45, 7) is 0.905. The summed E-state index contributed by atoms with van der Waals surface area (Å²) in [6, 6.07) is 5.39. The van der Waals surface area contributed by atoms with Crippen molar-refractivity contribution in [3.63, 3.8) is 0 Å². The number of H-pyrrole nitrogens is 1. The maximum Gasteiger partial charge on any atom is 0.417 e. The highest BCUT2D eigenvalue weighted by atomic mass is 16.4. The molecule has 0 saturated heterocycles. The van der Waals surface area contributed by atoms with E-state index in [0.717, 1.165) is 11.8 Å². The summed E-state index contributed by atoms with van der Waals surface area (Å²) in [6.07, 6.45) is 0.804. The molecule has 1 aromatic heterocycles. The number of aromatic nitrogens is 1. The first-order valence-corrected chi connectivity index (χ1v) is 4.56. The van der Waals surface area contributed by atoms with E-state index in [4.69, 9.17) is 4.42 Å². The van der Waals surface area contributed by atoms with Gasteiger partial charge >= 0.3 is 5.76 Å². The van der Waals surface area contributed by atoms with Crippen molar-refractivity contribution in [2.75, 3.05) is 6.54 Å². The van der Waals surface area contributed by atoms with Crippen LogP contribution in [-0.2, 0) is 11.3 Å². The van der Waals surface area contributed by atoms with Crippen LogP contribution in [0.2, 0.25) is 0 Å². The molecule has 2 aromatic rings. The van der Waals surface area contributed by atoms with E-state index < -0.39 is 5.76 Å². The highest BCUT2D eigenvalue weighted by molar-refractivity contribution is 5.72. The van der Waals surface area contributed by atoms with Crippen LogP contribution in [0, 0.1) is 0 Å². The van der Waals surface area contributed by atoms with Crippen LogP contribution < -0.4 is 11.1 Å². The molecule has 0 atom stereocenters. The molecule has 0 amide bonds. The molecule has 0 aliphatic carbocycles. The Labute approximate surface area is 85.1 Å². The summed E-state index contributed by atoms with van der Waals surface area (Å²) >= 11 is 0. The zero-order chi connectivity index (χ0) is 10.7. The van der Waals surface area contributed by atoms with Crippen molar-refractivity contribution in [1.29, 1.82) is 0 Å². The van der Waals surface area contributed by atoms with Crippen LogP contribution in [0.3, 0.4) is 0 Å². The summed E-state index contributed by atoms with van der Waals surface area (Å²) < 4.78 is 4.86. The maximum absolute atomic E-state index is 10.9. The average Bonchev–Trinajstić information content (AvgIpc) is 2.57. The van der Waals surface area contributed by atoms with Crippen LogP contribution in [0.15, 0.2) is 27.4 Å². The van der Waals surface area contributed by atoms with Gasteiger partial charge in [0, 0.05) is 6.54 Å². The lowest BCUT2D eigenvalue weighted by Crippen LogP contribution is -2.15. The molecule has 0 unspecified atom stereocenters. The summed E-state index contributed by atoms with van der Waals surface area (Å²) in [5.74, 6) is -0.456. The van der Waals surface area contributed by atoms with E-state index in [1.54, 1.807) is 6.07 Å². The van der Waals surface area contributed by atoms with E-state index in [2.05, 4.69) is 10.3 Å². The van der Waals surface area contributed by atoms with Crippen LogP contribution >= 0.6 is 0 Å². The molecular formula is C10H10N2O3.